The zero-order chi connectivity index (χ0) is 16.2. The van der Waals surface area contributed by atoms with Crippen molar-refractivity contribution in [3.63, 3.8) is 0 Å². The van der Waals surface area contributed by atoms with Gasteiger partial charge in [0.2, 0.25) is 0 Å². The number of ether oxygens (including phenoxy) is 4. The average molecular weight is 322 g/mol. The minimum Gasteiger partial charge on any atom is -0.494 e. The molecule has 0 bridgehead atoms. The molecule has 1 aromatic rings. The van der Waals surface area contributed by atoms with Crippen molar-refractivity contribution in [3.05, 3.63) is 23.8 Å². The molecule has 0 fully saturated rings. The maximum Gasteiger partial charge on any atom is 0.122 e. The van der Waals surface area contributed by atoms with Crippen molar-refractivity contribution < 1.29 is 18.9 Å². The third-order valence-corrected chi connectivity index (χ3v) is 3.86. The first-order valence-corrected chi connectivity index (χ1v) is 8.94. The Labute approximate surface area is 140 Å². The summed E-state index contributed by atoms with van der Waals surface area (Å²) in [5, 5.41) is 0. The van der Waals surface area contributed by atoms with E-state index < -0.39 is 0 Å². The first-order valence-electron chi connectivity index (χ1n) is 8.94. The average Bonchev–Trinajstić information content (AvgIpc) is 2.59. The Morgan fingerprint density at radius 3 is 2.70 bits per heavy atom. The lowest BCUT2D eigenvalue weighted by Crippen LogP contribution is -2.08. The SMILES string of the molecule is CCOCCCOCCCCCOc1ccc2c(c1)CCCO2. The van der Waals surface area contributed by atoms with Gasteiger partial charge in [0.25, 0.3) is 0 Å². The van der Waals surface area contributed by atoms with Gasteiger partial charge in [-0.25, -0.2) is 0 Å². The first kappa shape index (κ1) is 18.1. The largest absolute Gasteiger partial charge is 0.494 e. The predicted molar refractivity (Wildman–Crippen MR) is 91.5 cm³/mol. The normalized spacial score (nSPS) is 13.4. The molecule has 0 radical (unpaired) electrons. The van der Waals surface area contributed by atoms with Gasteiger partial charge in [0.1, 0.15) is 11.5 Å². The van der Waals surface area contributed by atoms with Crippen molar-refractivity contribution in [2.45, 2.75) is 45.4 Å². The number of rotatable bonds is 12. The summed E-state index contributed by atoms with van der Waals surface area (Å²) in [6.07, 6.45) is 6.47. The Kier molecular flexibility index (Phi) is 8.89. The molecule has 0 spiro atoms. The molecule has 1 heterocycles. The van der Waals surface area contributed by atoms with Gasteiger partial charge in [0, 0.05) is 26.4 Å². The molecule has 2 rings (SSSR count). The molecular formula is C19H30O4. The standard InChI is InChI=1S/C19H30O4/c1-2-20-12-7-13-21-11-4-3-5-14-22-18-9-10-19-17(16-18)8-6-15-23-19/h9-10,16H,2-8,11-15H2,1H3. The van der Waals surface area contributed by atoms with E-state index in [4.69, 9.17) is 18.9 Å². The van der Waals surface area contributed by atoms with Crippen molar-refractivity contribution >= 4 is 0 Å². The Balaban J connectivity index is 1.46. The van der Waals surface area contributed by atoms with Gasteiger partial charge in [-0.05, 0) is 69.2 Å². The van der Waals surface area contributed by atoms with Crippen LogP contribution in [0.25, 0.3) is 0 Å². The minimum absolute atomic E-state index is 0.768. The van der Waals surface area contributed by atoms with Gasteiger partial charge in [-0.2, -0.15) is 0 Å². The van der Waals surface area contributed by atoms with Crippen LogP contribution in [0.15, 0.2) is 18.2 Å². The van der Waals surface area contributed by atoms with Crippen LogP contribution in [0.3, 0.4) is 0 Å². The Hall–Kier alpha value is -1.26. The lowest BCUT2D eigenvalue weighted by Gasteiger charge is -2.18. The van der Waals surface area contributed by atoms with E-state index in [9.17, 15) is 0 Å². The summed E-state index contributed by atoms with van der Waals surface area (Å²) in [4.78, 5) is 0. The fourth-order valence-corrected chi connectivity index (χ4v) is 2.61. The summed E-state index contributed by atoms with van der Waals surface area (Å²) in [6.45, 7) is 6.84. The molecule has 1 aromatic carbocycles. The fraction of sp³-hybridized carbons (Fsp3) is 0.684. The highest BCUT2D eigenvalue weighted by Gasteiger charge is 2.10. The second-order valence-corrected chi connectivity index (χ2v) is 5.79. The van der Waals surface area contributed by atoms with Crippen molar-refractivity contribution in [1.29, 1.82) is 0 Å². The number of hydrogen-bond acceptors (Lipinski definition) is 4. The summed E-state index contributed by atoms with van der Waals surface area (Å²) in [6, 6.07) is 6.15. The molecule has 4 heteroatoms. The smallest absolute Gasteiger partial charge is 0.122 e. The molecule has 0 aromatic heterocycles. The predicted octanol–water partition coefficient (Wildman–Crippen LogP) is 4.00. The molecule has 0 saturated heterocycles. The van der Waals surface area contributed by atoms with E-state index in [1.807, 2.05) is 19.1 Å². The van der Waals surface area contributed by atoms with E-state index in [1.165, 1.54) is 5.56 Å². The van der Waals surface area contributed by atoms with E-state index in [1.54, 1.807) is 0 Å². The third kappa shape index (κ3) is 7.23. The maximum absolute atomic E-state index is 5.83. The molecule has 23 heavy (non-hydrogen) atoms. The molecule has 0 unspecified atom stereocenters. The van der Waals surface area contributed by atoms with E-state index in [0.717, 1.165) is 89.7 Å². The van der Waals surface area contributed by atoms with Crippen LogP contribution in [0.1, 0.15) is 44.6 Å². The molecule has 130 valence electrons. The van der Waals surface area contributed by atoms with Gasteiger partial charge < -0.3 is 18.9 Å². The summed E-state index contributed by atoms with van der Waals surface area (Å²) < 4.78 is 22.3. The second-order valence-electron chi connectivity index (χ2n) is 5.79. The molecule has 0 saturated carbocycles. The maximum atomic E-state index is 5.83. The molecule has 0 aliphatic carbocycles. The number of benzene rings is 1. The van der Waals surface area contributed by atoms with Crippen LogP contribution in [-0.4, -0.2) is 39.6 Å². The van der Waals surface area contributed by atoms with Gasteiger partial charge in [0.15, 0.2) is 0 Å². The molecular weight excluding hydrogens is 292 g/mol. The van der Waals surface area contributed by atoms with Crippen molar-refractivity contribution in [2.24, 2.45) is 0 Å². The van der Waals surface area contributed by atoms with Crippen molar-refractivity contribution in [2.75, 3.05) is 39.6 Å². The van der Waals surface area contributed by atoms with Crippen LogP contribution < -0.4 is 9.47 Å². The summed E-state index contributed by atoms with van der Waals surface area (Å²) in [7, 11) is 0. The number of fused-ring (bicyclic) bond motifs is 1. The number of hydrogen-bond donors (Lipinski definition) is 0. The zero-order valence-electron chi connectivity index (χ0n) is 14.4. The topological polar surface area (TPSA) is 36.9 Å². The van der Waals surface area contributed by atoms with Gasteiger partial charge >= 0.3 is 0 Å². The van der Waals surface area contributed by atoms with Crippen LogP contribution in [0.2, 0.25) is 0 Å². The fourth-order valence-electron chi connectivity index (χ4n) is 2.61. The van der Waals surface area contributed by atoms with Crippen LogP contribution in [0.5, 0.6) is 11.5 Å². The second kappa shape index (κ2) is 11.3. The van der Waals surface area contributed by atoms with Gasteiger partial charge in [-0.3, -0.25) is 0 Å². The lowest BCUT2D eigenvalue weighted by atomic mass is 10.1. The summed E-state index contributed by atoms with van der Waals surface area (Å²) >= 11 is 0. The molecule has 4 nitrogen and oxygen atoms in total. The summed E-state index contributed by atoms with van der Waals surface area (Å²) in [5.41, 5.74) is 1.27. The minimum atomic E-state index is 0.768. The van der Waals surface area contributed by atoms with Crippen molar-refractivity contribution in [1.82, 2.24) is 0 Å². The summed E-state index contributed by atoms with van der Waals surface area (Å²) in [5.74, 6) is 1.98. The van der Waals surface area contributed by atoms with Crippen LogP contribution >= 0.6 is 0 Å². The Bertz CT molecular complexity index is 433. The van der Waals surface area contributed by atoms with Crippen molar-refractivity contribution in [3.8, 4) is 11.5 Å². The molecule has 0 N–H and O–H groups in total. The molecule has 0 amide bonds. The highest BCUT2D eigenvalue weighted by Crippen LogP contribution is 2.28. The first-order chi connectivity index (χ1) is 11.4. The van der Waals surface area contributed by atoms with Gasteiger partial charge in [-0.15, -0.1) is 0 Å². The highest BCUT2D eigenvalue weighted by molar-refractivity contribution is 5.41. The Morgan fingerprint density at radius 2 is 1.78 bits per heavy atom. The van der Waals surface area contributed by atoms with Crippen LogP contribution in [0, 0.1) is 0 Å². The molecule has 1 aliphatic heterocycles. The third-order valence-electron chi connectivity index (χ3n) is 3.86. The van der Waals surface area contributed by atoms with Crippen LogP contribution in [0.4, 0.5) is 0 Å². The molecule has 0 atom stereocenters. The van der Waals surface area contributed by atoms with E-state index in [0.29, 0.717) is 0 Å². The number of unbranched alkanes of at least 4 members (excludes halogenated alkanes) is 2. The van der Waals surface area contributed by atoms with Gasteiger partial charge in [0.05, 0.1) is 13.2 Å². The van der Waals surface area contributed by atoms with Crippen LogP contribution in [-0.2, 0) is 15.9 Å². The lowest BCUT2D eigenvalue weighted by molar-refractivity contribution is 0.0857. The zero-order valence-corrected chi connectivity index (χ0v) is 14.4. The quantitative estimate of drug-likeness (QED) is 0.545. The van der Waals surface area contributed by atoms with E-state index in [2.05, 4.69) is 6.07 Å². The Morgan fingerprint density at radius 1 is 0.957 bits per heavy atom. The highest BCUT2D eigenvalue weighted by atomic mass is 16.5. The van der Waals surface area contributed by atoms with E-state index in [-0.39, 0.29) is 0 Å². The van der Waals surface area contributed by atoms with Gasteiger partial charge in [-0.1, -0.05) is 0 Å². The number of aryl methyl sites for hydroxylation is 1. The van der Waals surface area contributed by atoms with E-state index >= 15 is 0 Å². The monoisotopic (exact) mass is 322 g/mol. The molecule has 1 aliphatic rings.